The van der Waals surface area contributed by atoms with E-state index < -0.39 is 0 Å². The van der Waals surface area contributed by atoms with Crippen LogP contribution >= 0.6 is 11.6 Å². The zero-order valence-electron chi connectivity index (χ0n) is 10.1. The molecular weight excluding hydrogens is 224 g/mol. The molecular formula is C11H19ClN4. The molecule has 5 heteroatoms. The molecule has 1 N–H and O–H groups in total. The van der Waals surface area contributed by atoms with Gasteiger partial charge in [0.1, 0.15) is 5.82 Å². The first kappa shape index (κ1) is 13.0. The summed E-state index contributed by atoms with van der Waals surface area (Å²) in [6.45, 7) is 2.86. The maximum Gasteiger partial charge on any atom is 0.226 e. The molecule has 0 aliphatic rings. The van der Waals surface area contributed by atoms with Gasteiger partial charge in [-0.05, 0) is 12.5 Å². The maximum atomic E-state index is 6.12. The summed E-state index contributed by atoms with van der Waals surface area (Å²) in [6, 6.07) is 1.85. The highest BCUT2D eigenvalue weighted by molar-refractivity contribution is 6.20. The molecule has 1 aromatic rings. The van der Waals surface area contributed by atoms with Crippen molar-refractivity contribution in [1.29, 1.82) is 0 Å². The molecule has 1 atom stereocenters. The molecule has 0 radical (unpaired) electrons. The molecule has 1 aromatic heterocycles. The van der Waals surface area contributed by atoms with Gasteiger partial charge in [-0.25, -0.2) is 4.98 Å². The molecule has 0 bridgehead atoms. The van der Waals surface area contributed by atoms with Gasteiger partial charge < -0.3 is 10.2 Å². The number of aromatic nitrogens is 2. The maximum absolute atomic E-state index is 6.12. The Balaban J connectivity index is 2.50. The number of nitrogens with zero attached hydrogens (tertiary/aromatic N) is 3. The minimum Gasteiger partial charge on any atom is -0.368 e. The minimum atomic E-state index is 0.155. The third kappa shape index (κ3) is 4.23. The van der Waals surface area contributed by atoms with Gasteiger partial charge in [-0.15, -0.1) is 11.6 Å². The summed E-state index contributed by atoms with van der Waals surface area (Å²) in [4.78, 5) is 10.4. The molecule has 0 fully saturated rings. The first-order chi connectivity index (χ1) is 7.63. The van der Waals surface area contributed by atoms with E-state index in [-0.39, 0.29) is 5.38 Å². The van der Waals surface area contributed by atoms with Crippen molar-refractivity contribution in [1.82, 2.24) is 9.97 Å². The fourth-order valence-corrected chi connectivity index (χ4v) is 1.59. The van der Waals surface area contributed by atoms with Gasteiger partial charge in [-0.3, -0.25) is 0 Å². The number of nitrogens with one attached hydrogen (secondary N) is 1. The largest absolute Gasteiger partial charge is 0.368 e. The molecule has 0 aliphatic heterocycles. The summed E-state index contributed by atoms with van der Waals surface area (Å²) in [5.74, 6) is 1.52. The van der Waals surface area contributed by atoms with E-state index >= 15 is 0 Å². The minimum absolute atomic E-state index is 0.155. The molecule has 0 spiro atoms. The number of halogens is 1. The normalized spacial score (nSPS) is 12.2. The van der Waals surface area contributed by atoms with E-state index in [0.717, 1.165) is 25.2 Å². The molecule has 0 aromatic carbocycles. The van der Waals surface area contributed by atoms with E-state index in [1.807, 2.05) is 25.1 Å². The van der Waals surface area contributed by atoms with Crippen molar-refractivity contribution in [3.05, 3.63) is 12.3 Å². The highest BCUT2D eigenvalue weighted by Crippen LogP contribution is 2.10. The topological polar surface area (TPSA) is 41.1 Å². The van der Waals surface area contributed by atoms with Crippen LogP contribution in [0.2, 0.25) is 0 Å². The zero-order valence-corrected chi connectivity index (χ0v) is 10.8. The Bertz CT molecular complexity index is 317. The monoisotopic (exact) mass is 242 g/mol. The summed E-state index contributed by atoms with van der Waals surface area (Å²) in [6.07, 6.45) is 3.86. The van der Waals surface area contributed by atoms with Crippen LogP contribution in [0.1, 0.15) is 19.8 Å². The van der Waals surface area contributed by atoms with Crippen LogP contribution < -0.4 is 10.2 Å². The van der Waals surface area contributed by atoms with Crippen molar-refractivity contribution in [3.8, 4) is 0 Å². The fraction of sp³-hybridized carbons (Fsp3) is 0.636. The predicted molar refractivity (Wildman–Crippen MR) is 69.4 cm³/mol. The number of hydrogen-bond acceptors (Lipinski definition) is 4. The Hall–Kier alpha value is -1.03. The standard InChI is InChI=1S/C11H19ClN4/c1-4-5-9(12)8-14-10-6-7-13-11(15-10)16(2)3/h6-7,9H,4-5,8H2,1-3H3,(H,13,14,15). The zero-order chi connectivity index (χ0) is 12.0. The highest BCUT2D eigenvalue weighted by atomic mass is 35.5. The first-order valence-electron chi connectivity index (χ1n) is 5.51. The van der Waals surface area contributed by atoms with Crippen molar-refractivity contribution in [3.63, 3.8) is 0 Å². The van der Waals surface area contributed by atoms with Crippen molar-refractivity contribution in [2.45, 2.75) is 25.1 Å². The SMILES string of the molecule is CCCC(Cl)CNc1ccnc(N(C)C)n1. The molecule has 1 unspecified atom stereocenters. The second kappa shape index (κ2) is 6.53. The number of alkyl halides is 1. The Kier molecular flexibility index (Phi) is 5.32. The van der Waals surface area contributed by atoms with Gasteiger partial charge >= 0.3 is 0 Å². The summed E-state index contributed by atoms with van der Waals surface area (Å²) in [7, 11) is 3.83. The van der Waals surface area contributed by atoms with Gasteiger partial charge in [0.25, 0.3) is 0 Å². The molecule has 0 amide bonds. The van der Waals surface area contributed by atoms with E-state index in [4.69, 9.17) is 11.6 Å². The molecule has 1 heterocycles. The smallest absolute Gasteiger partial charge is 0.226 e. The summed E-state index contributed by atoms with van der Waals surface area (Å²) < 4.78 is 0. The second-order valence-electron chi connectivity index (χ2n) is 3.90. The molecule has 0 aliphatic carbocycles. The average molecular weight is 243 g/mol. The first-order valence-corrected chi connectivity index (χ1v) is 5.95. The third-order valence-corrected chi connectivity index (χ3v) is 2.52. The quantitative estimate of drug-likeness (QED) is 0.778. The van der Waals surface area contributed by atoms with Gasteiger partial charge in [0.2, 0.25) is 5.95 Å². The summed E-state index contributed by atoms with van der Waals surface area (Å²) in [5.41, 5.74) is 0. The van der Waals surface area contributed by atoms with Gasteiger partial charge in [-0.1, -0.05) is 13.3 Å². The number of rotatable bonds is 6. The van der Waals surface area contributed by atoms with E-state index in [1.165, 1.54) is 0 Å². The Morgan fingerprint density at radius 2 is 2.25 bits per heavy atom. The van der Waals surface area contributed by atoms with Gasteiger partial charge in [0, 0.05) is 26.8 Å². The average Bonchev–Trinajstić information content (AvgIpc) is 2.27. The number of hydrogen-bond donors (Lipinski definition) is 1. The fourth-order valence-electron chi connectivity index (χ4n) is 1.29. The predicted octanol–water partition coefficient (Wildman–Crippen LogP) is 2.36. The molecule has 4 nitrogen and oxygen atoms in total. The molecule has 0 saturated carbocycles. The van der Waals surface area contributed by atoms with Crippen LogP contribution in [-0.4, -0.2) is 36.0 Å². The van der Waals surface area contributed by atoms with Crippen molar-refractivity contribution in [2.75, 3.05) is 30.9 Å². The third-order valence-electron chi connectivity index (χ3n) is 2.15. The Morgan fingerprint density at radius 3 is 2.88 bits per heavy atom. The lowest BCUT2D eigenvalue weighted by molar-refractivity contribution is 0.750. The van der Waals surface area contributed by atoms with Crippen LogP contribution in [0.5, 0.6) is 0 Å². The van der Waals surface area contributed by atoms with Gasteiger partial charge in [0.05, 0.1) is 5.38 Å². The van der Waals surface area contributed by atoms with E-state index in [1.54, 1.807) is 6.20 Å². The molecule has 1 rings (SSSR count). The van der Waals surface area contributed by atoms with E-state index in [9.17, 15) is 0 Å². The van der Waals surface area contributed by atoms with E-state index in [2.05, 4.69) is 22.2 Å². The molecule has 90 valence electrons. The Morgan fingerprint density at radius 1 is 1.50 bits per heavy atom. The highest BCUT2D eigenvalue weighted by Gasteiger charge is 2.04. The van der Waals surface area contributed by atoms with Crippen LogP contribution in [0.3, 0.4) is 0 Å². The lowest BCUT2D eigenvalue weighted by atomic mass is 10.2. The summed E-state index contributed by atoms with van der Waals surface area (Å²) in [5, 5.41) is 3.37. The van der Waals surface area contributed by atoms with E-state index in [0.29, 0.717) is 5.95 Å². The Labute approximate surface area is 102 Å². The van der Waals surface area contributed by atoms with Gasteiger partial charge in [0.15, 0.2) is 0 Å². The van der Waals surface area contributed by atoms with Crippen LogP contribution in [0.25, 0.3) is 0 Å². The van der Waals surface area contributed by atoms with Crippen LogP contribution in [-0.2, 0) is 0 Å². The lowest BCUT2D eigenvalue weighted by Crippen LogP contribution is -2.17. The van der Waals surface area contributed by atoms with Crippen molar-refractivity contribution in [2.24, 2.45) is 0 Å². The molecule has 0 saturated heterocycles. The van der Waals surface area contributed by atoms with Crippen LogP contribution in [0, 0.1) is 0 Å². The number of anilines is 2. The van der Waals surface area contributed by atoms with Crippen LogP contribution in [0.15, 0.2) is 12.3 Å². The van der Waals surface area contributed by atoms with Gasteiger partial charge in [-0.2, -0.15) is 4.98 Å². The molecule has 16 heavy (non-hydrogen) atoms. The lowest BCUT2D eigenvalue weighted by Gasteiger charge is -2.13. The van der Waals surface area contributed by atoms with Crippen molar-refractivity contribution >= 4 is 23.4 Å². The summed E-state index contributed by atoms with van der Waals surface area (Å²) >= 11 is 6.12. The van der Waals surface area contributed by atoms with Crippen LogP contribution in [0.4, 0.5) is 11.8 Å². The van der Waals surface area contributed by atoms with Crippen molar-refractivity contribution < 1.29 is 0 Å². The second-order valence-corrected chi connectivity index (χ2v) is 4.52.